The maximum absolute atomic E-state index is 13.5. The van der Waals surface area contributed by atoms with Crippen molar-refractivity contribution in [2.24, 2.45) is 5.73 Å². The first-order valence-electron chi connectivity index (χ1n) is 6.25. The van der Waals surface area contributed by atoms with Crippen LogP contribution in [0, 0.1) is 11.6 Å². The minimum absolute atomic E-state index is 0. The third kappa shape index (κ3) is 3.89. The van der Waals surface area contributed by atoms with Crippen LogP contribution in [0.3, 0.4) is 0 Å². The molecule has 1 aliphatic heterocycles. The molecule has 2 amide bonds. The van der Waals surface area contributed by atoms with E-state index < -0.39 is 17.5 Å². The lowest BCUT2D eigenvalue weighted by molar-refractivity contribution is -0.131. The first kappa shape index (κ1) is 17.3. The molecule has 5 nitrogen and oxygen atoms in total. The molecule has 2 rings (SSSR count). The van der Waals surface area contributed by atoms with Crippen molar-refractivity contribution < 1.29 is 18.4 Å². The number of carbonyl (C=O) groups excluding carboxylic acids is 2. The summed E-state index contributed by atoms with van der Waals surface area (Å²) in [4.78, 5) is 26.5. The molecular formula is C13H16ClF2N3O2. The van der Waals surface area contributed by atoms with Crippen LogP contribution in [0.25, 0.3) is 0 Å². The van der Waals surface area contributed by atoms with Gasteiger partial charge in [0.15, 0.2) is 0 Å². The zero-order chi connectivity index (χ0) is 14.7. The van der Waals surface area contributed by atoms with Gasteiger partial charge in [-0.05, 0) is 12.1 Å². The number of amides is 2. The highest BCUT2D eigenvalue weighted by molar-refractivity contribution is 5.94. The Balaban J connectivity index is 0.00000220. The quantitative estimate of drug-likeness (QED) is 0.869. The van der Waals surface area contributed by atoms with Crippen molar-refractivity contribution in [1.29, 1.82) is 0 Å². The lowest BCUT2D eigenvalue weighted by atomic mass is 10.1. The first-order valence-corrected chi connectivity index (χ1v) is 6.25. The van der Waals surface area contributed by atoms with Gasteiger partial charge in [-0.15, -0.1) is 12.4 Å². The van der Waals surface area contributed by atoms with Gasteiger partial charge in [-0.3, -0.25) is 9.59 Å². The number of hydrogen-bond acceptors (Lipinski definition) is 3. The Morgan fingerprint density at radius 1 is 1.10 bits per heavy atom. The van der Waals surface area contributed by atoms with Gasteiger partial charge in [0.2, 0.25) is 5.91 Å². The van der Waals surface area contributed by atoms with E-state index in [2.05, 4.69) is 0 Å². The molecule has 0 radical (unpaired) electrons. The summed E-state index contributed by atoms with van der Waals surface area (Å²) >= 11 is 0. The van der Waals surface area contributed by atoms with Crippen molar-refractivity contribution in [1.82, 2.24) is 9.80 Å². The SMILES string of the molecule is Cl.NCC(=O)N1CCN(C(=O)c2ccc(F)cc2F)CC1. The van der Waals surface area contributed by atoms with Crippen LogP contribution in [0.2, 0.25) is 0 Å². The molecule has 1 heterocycles. The monoisotopic (exact) mass is 319 g/mol. The number of hydrogen-bond donors (Lipinski definition) is 1. The number of carbonyl (C=O) groups is 2. The van der Waals surface area contributed by atoms with Crippen molar-refractivity contribution in [3.8, 4) is 0 Å². The van der Waals surface area contributed by atoms with E-state index in [1.165, 1.54) is 4.90 Å². The van der Waals surface area contributed by atoms with E-state index in [9.17, 15) is 18.4 Å². The Morgan fingerprint density at radius 3 is 2.19 bits per heavy atom. The van der Waals surface area contributed by atoms with E-state index in [1.807, 2.05) is 0 Å². The fourth-order valence-corrected chi connectivity index (χ4v) is 2.12. The fourth-order valence-electron chi connectivity index (χ4n) is 2.12. The van der Waals surface area contributed by atoms with E-state index in [4.69, 9.17) is 5.73 Å². The second-order valence-electron chi connectivity index (χ2n) is 4.50. The standard InChI is InChI=1S/C13H15F2N3O2.ClH/c14-9-1-2-10(11(15)7-9)13(20)18-5-3-17(4-6-18)12(19)8-16;/h1-2,7H,3-6,8,16H2;1H. The van der Waals surface area contributed by atoms with Crippen molar-refractivity contribution in [3.05, 3.63) is 35.4 Å². The molecule has 1 saturated heterocycles. The number of nitrogens with two attached hydrogens (primary N) is 1. The highest BCUT2D eigenvalue weighted by atomic mass is 35.5. The van der Waals surface area contributed by atoms with Gasteiger partial charge in [0.1, 0.15) is 11.6 Å². The van der Waals surface area contributed by atoms with Gasteiger partial charge in [0, 0.05) is 32.2 Å². The van der Waals surface area contributed by atoms with Crippen molar-refractivity contribution >= 4 is 24.2 Å². The van der Waals surface area contributed by atoms with E-state index >= 15 is 0 Å². The molecule has 0 aromatic heterocycles. The summed E-state index contributed by atoms with van der Waals surface area (Å²) in [7, 11) is 0. The highest BCUT2D eigenvalue weighted by Crippen LogP contribution is 2.14. The predicted molar refractivity (Wildman–Crippen MR) is 75.1 cm³/mol. The molecule has 116 valence electrons. The summed E-state index contributed by atoms with van der Waals surface area (Å²) in [5.74, 6) is -2.28. The van der Waals surface area contributed by atoms with Gasteiger partial charge in [0.25, 0.3) is 5.91 Å². The molecule has 0 atom stereocenters. The summed E-state index contributed by atoms with van der Waals surface area (Å²) in [5.41, 5.74) is 5.10. The number of halogens is 3. The van der Waals surface area contributed by atoms with Gasteiger partial charge in [-0.1, -0.05) is 0 Å². The number of rotatable bonds is 2. The number of nitrogens with zero attached hydrogens (tertiary/aromatic N) is 2. The van der Waals surface area contributed by atoms with Crippen molar-refractivity contribution in [2.45, 2.75) is 0 Å². The second-order valence-corrected chi connectivity index (χ2v) is 4.50. The zero-order valence-electron chi connectivity index (χ0n) is 11.2. The molecule has 21 heavy (non-hydrogen) atoms. The Labute approximate surface area is 127 Å². The molecule has 1 fully saturated rings. The Bertz CT molecular complexity index is 534. The number of piperazine rings is 1. The largest absolute Gasteiger partial charge is 0.338 e. The minimum atomic E-state index is -0.879. The molecule has 0 bridgehead atoms. The molecule has 2 N–H and O–H groups in total. The molecule has 0 spiro atoms. The van der Waals surface area contributed by atoms with Crippen LogP contribution >= 0.6 is 12.4 Å². The van der Waals surface area contributed by atoms with Gasteiger partial charge in [0.05, 0.1) is 12.1 Å². The predicted octanol–water partition coefficient (Wildman–Crippen LogP) is 0.630. The average molecular weight is 320 g/mol. The van der Waals surface area contributed by atoms with Crippen LogP contribution in [-0.4, -0.2) is 54.3 Å². The molecule has 1 aromatic carbocycles. The second kappa shape index (κ2) is 7.33. The third-order valence-corrected chi connectivity index (χ3v) is 3.26. The van der Waals surface area contributed by atoms with Crippen LogP contribution in [-0.2, 0) is 4.79 Å². The molecule has 1 aliphatic rings. The summed E-state index contributed by atoms with van der Waals surface area (Å²) in [6.07, 6.45) is 0. The van der Waals surface area contributed by atoms with Crippen LogP contribution in [0.4, 0.5) is 8.78 Å². The normalized spacial score (nSPS) is 14.6. The third-order valence-electron chi connectivity index (χ3n) is 3.26. The van der Waals surface area contributed by atoms with Gasteiger partial charge in [-0.2, -0.15) is 0 Å². The van der Waals surface area contributed by atoms with E-state index in [-0.39, 0.29) is 30.4 Å². The summed E-state index contributed by atoms with van der Waals surface area (Å²) in [6.45, 7) is 1.28. The molecule has 0 saturated carbocycles. The Hall–Kier alpha value is -1.73. The molecular weight excluding hydrogens is 304 g/mol. The number of benzene rings is 1. The minimum Gasteiger partial charge on any atom is -0.338 e. The lowest BCUT2D eigenvalue weighted by Gasteiger charge is -2.34. The first-order chi connectivity index (χ1) is 9.52. The van der Waals surface area contributed by atoms with Crippen LogP contribution < -0.4 is 5.73 Å². The lowest BCUT2D eigenvalue weighted by Crippen LogP contribution is -2.52. The fraction of sp³-hybridized carbons (Fsp3) is 0.385. The van der Waals surface area contributed by atoms with Crippen molar-refractivity contribution in [3.63, 3.8) is 0 Å². The summed E-state index contributed by atoms with van der Waals surface area (Å²) < 4.78 is 26.4. The molecule has 8 heteroatoms. The van der Waals surface area contributed by atoms with Crippen LogP contribution in [0.1, 0.15) is 10.4 Å². The van der Waals surface area contributed by atoms with E-state index in [0.717, 1.165) is 12.1 Å². The van der Waals surface area contributed by atoms with Gasteiger partial charge < -0.3 is 15.5 Å². The van der Waals surface area contributed by atoms with Crippen molar-refractivity contribution in [2.75, 3.05) is 32.7 Å². The smallest absolute Gasteiger partial charge is 0.256 e. The Morgan fingerprint density at radius 2 is 1.67 bits per heavy atom. The zero-order valence-corrected chi connectivity index (χ0v) is 12.0. The van der Waals surface area contributed by atoms with E-state index in [0.29, 0.717) is 32.2 Å². The summed E-state index contributed by atoms with van der Waals surface area (Å²) in [6, 6.07) is 2.86. The maximum atomic E-state index is 13.5. The van der Waals surface area contributed by atoms with Crippen LogP contribution in [0.5, 0.6) is 0 Å². The van der Waals surface area contributed by atoms with Crippen LogP contribution in [0.15, 0.2) is 18.2 Å². The summed E-state index contributed by atoms with van der Waals surface area (Å²) in [5, 5.41) is 0. The molecule has 1 aromatic rings. The topological polar surface area (TPSA) is 66.6 Å². The maximum Gasteiger partial charge on any atom is 0.256 e. The molecule has 0 aliphatic carbocycles. The molecule has 0 unspecified atom stereocenters. The van der Waals surface area contributed by atoms with E-state index in [1.54, 1.807) is 4.90 Å². The average Bonchev–Trinajstić information content (AvgIpc) is 2.46. The van der Waals surface area contributed by atoms with Gasteiger partial charge in [-0.25, -0.2) is 8.78 Å². The van der Waals surface area contributed by atoms with Gasteiger partial charge >= 0.3 is 0 Å². The Kier molecular flexibility index (Phi) is 6.04. The highest BCUT2D eigenvalue weighted by Gasteiger charge is 2.25.